The van der Waals surface area contributed by atoms with Gasteiger partial charge in [-0.2, -0.15) is 0 Å². The Hall–Kier alpha value is -1.85. The first-order chi connectivity index (χ1) is 11.0. The highest BCUT2D eigenvalue weighted by Gasteiger charge is 2.44. The quantitative estimate of drug-likeness (QED) is 0.918. The molecule has 3 rings (SSSR count). The Kier molecular flexibility index (Phi) is 4.41. The van der Waals surface area contributed by atoms with Crippen molar-refractivity contribution in [1.82, 2.24) is 4.90 Å². The number of nitrogens with zero attached hydrogens (tertiary/aromatic N) is 1. The first-order valence-electron chi connectivity index (χ1n) is 7.61. The third kappa shape index (κ3) is 2.86. The molecular weight excluding hydrogens is 318 g/mol. The molecule has 0 aromatic heterocycles. The van der Waals surface area contributed by atoms with Crippen LogP contribution < -0.4 is 0 Å². The zero-order valence-electron chi connectivity index (χ0n) is 12.8. The van der Waals surface area contributed by atoms with Crippen LogP contribution in [0.3, 0.4) is 0 Å². The van der Waals surface area contributed by atoms with Crippen molar-refractivity contribution in [2.75, 3.05) is 13.2 Å². The number of hydrogen-bond acceptors (Lipinski definition) is 4. The number of aliphatic hydroxyl groups excluding tert-OH is 1. The third-order valence-electron chi connectivity index (χ3n) is 4.31. The second-order valence-corrected chi connectivity index (χ2v) is 6.24. The Labute approximate surface area is 139 Å². The molecule has 0 radical (unpaired) electrons. The van der Waals surface area contributed by atoms with Gasteiger partial charge in [0.1, 0.15) is 0 Å². The molecule has 0 bridgehead atoms. The van der Waals surface area contributed by atoms with E-state index in [9.17, 15) is 14.7 Å². The number of carbonyl (C=O) groups excluding carboxylic acids is 2. The summed E-state index contributed by atoms with van der Waals surface area (Å²) in [6.07, 6.45) is 1.72. The van der Waals surface area contributed by atoms with E-state index in [-0.39, 0.29) is 17.5 Å². The SMILES string of the molecule is CC(=O)C1=C(O)C(=O)N(CC2CCCO2)C1c1ccccc1Cl. The topological polar surface area (TPSA) is 66.8 Å². The van der Waals surface area contributed by atoms with Crippen molar-refractivity contribution in [2.24, 2.45) is 0 Å². The fourth-order valence-corrected chi connectivity index (χ4v) is 3.47. The Balaban J connectivity index is 2.02. The van der Waals surface area contributed by atoms with Crippen LogP contribution in [0.1, 0.15) is 31.4 Å². The molecule has 2 aliphatic rings. The molecule has 6 heteroatoms. The molecule has 2 aliphatic heterocycles. The number of amides is 1. The summed E-state index contributed by atoms with van der Waals surface area (Å²) in [5.41, 5.74) is 0.732. The van der Waals surface area contributed by atoms with Gasteiger partial charge in [0.2, 0.25) is 0 Å². The molecule has 1 aromatic rings. The highest BCUT2D eigenvalue weighted by molar-refractivity contribution is 6.31. The summed E-state index contributed by atoms with van der Waals surface area (Å²) in [7, 11) is 0. The van der Waals surface area contributed by atoms with Gasteiger partial charge in [0.05, 0.1) is 17.7 Å². The maximum absolute atomic E-state index is 12.5. The zero-order valence-corrected chi connectivity index (χ0v) is 13.5. The van der Waals surface area contributed by atoms with Gasteiger partial charge in [0, 0.05) is 18.2 Å². The van der Waals surface area contributed by atoms with Crippen LogP contribution in [0.5, 0.6) is 0 Å². The van der Waals surface area contributed by atoms with Crippen molar-refractivity contribution in [1.29, 1.82) is 0 Å². The monoisotopic (exact) mass is 335 g/mol. The van der Waals surface area contributed by atoms with E-state index < -0.39 is 17.7 Å². The largest absolute Gasteiger partial charge is 0.503 e. The molecule has 2 atom stereocenters. The van der Waals surface area contributed by atoms with Crippen LogP contribution in [0, 0.1) is 0 Å². The first-order valence-corrected chi connectivity index (χ1v) is 7.99. The van der Waals surface area contributed by atoms with Crippen molar-refractivity contribution in [3.63, 3.8) is 0 Å². The molecule has 23 heavy (non-hydrogen) atoms. The van der Waals surface area contributed by atoms with Crippen LogP contribution in [0.15, 0.2) is 35.6 Å². The molecule has 1 saturated heterocycles. The maximum atomic E-state index is 12.5. The minimum atomic E-state index is -0.669. The fourth-order valence-electron chi connectivity index (χ4n) is 3.23. The lowest BCUT2D eigenvalue weighted by atomic mass is 9.96. The summed E-state index contributed by atoms with van der Waals surface area (Å²) >= 11 is 6.27. The Bertz CT molecular complexity index is 679. The van der Waals surface area contributed by atoms with Crippen molar-refractivity contribution in [3.8, 4) is 0 Å². The predicted octanol–water partition coefficient (Wildman–Crippen LogP) is 2.80. The molecule has 0 spiro atoms. The second-order valence-electron chi connectivity index (χ2n) is 5.84. The van der Waals surface area contributed by atoms with Gasteiger partial charge in [0.25, 0.3) is 5.91 Å². The number of ketones is 1. The Morgan fingerprint density at radius 3 is 2.78 bits per heavy atom. The van der Waals surface area contributed by atoms with Crippen LogP contribution >= 0.6 is 11.6 Å². The summed E-state index contributed by atoms with van der Waals surface area (Å²) in [5.74, 6) is -1.37. The van der Waals surface area contributed by atoms with Crippen LogP contribution in [-0.4, -0.2) is 41.0 Å². The van der Waals surface area contributed by atoms with Gasteiger partial charge in [-0.25, -0.2) is 0 Å². The van der Waals surface area contributed by atoms with Gasteiger partial charge in [0.15, 0.2) is 11.5 Å². The number of aliphatic hydroxyl groups is 1. The van der Waals surface area contributed by atoms with Gasteiger partial charge in [-0.05, 0) is 31.4 Å². The van der Waals surface area contributed by atoms with Crippen molar-refractivity contribution < 1.29 is 19.4 Å². The number of hydrogen-bond donors (Lipinski definition) is 1. The average molecular weight is 336 g/mol. The van der Waals surface area contributed by atoms with E-state index in [0.717, 1.165) is 12.8 Å². The standard InChI is InChI=1S/C17H18ClNO4/c1-10(20)14-15(12-6-2-3-7-13(12)18)19(17(22)16(14)21)9-11-5-4-8-23-11/h2-3,6-7,11,15,21H,4-5,8-9H2,1H3. The Morgan fingerprint density at radius 2 is 2.17 bits per heavy atom. The van der Waals surface area contributed by atoms with E-state index in [1.54, 1.807) is 24.3 Å². The average Bonchev–Trinajstić information content (AvgIpc) is 3.10. The third-order valence-corrected chi connectivity index (χ3v) is 4.65. The lowest BCUT2D eigenvalue weighted by Crippen LogP contribution is -2.37. The summed E-state index contributed by atoms with van der Waals surface area (Å²) in [4.78, 5) is 26.0. The lowest BCUT2D eigenvalue weighted by Gasteiger charge is -2.29. The zero-order chi connectivity index (χ0) is 16.6. The highest BCUT2D eigenvalue weighted by Crippen LogP contribution is 2.40. The normalized spacial score (nSPS) is 24.6. The molecule has 1 aromatic carbocycles. The molecule has 1 N–H and O–H groups in total. The molecule has 122 valence electrons. The fraction of sp³-hybridized carbons (Fsp3) is 0.412. The van der Waals surface area contributed by atoms with Crippen LogP contribution in [0.4, 0.5) is 0 Å². The summed E-state index contributed by atoms with van der Waals surface area (Å²) in [6, 6.07) is 6.38. The number of benzene rings is 1. The van der Waals surface area contributed by atoms with E-state index in [1.165, 1.54) is 11.8 Å². The second kappa shape index (κ2) is 6.34. The van der Waals surface area contributed by atoms with Crippen molar-refractivity contribution in [2.45, 2.75) is 31.9 Å². The summed E-state index contributed by atoms with van der Waals surface area (Å²) in [5, 5.41) is 10.6. The van der Waals surface area contributed by atoms with E-state index in [2.05, 4.69) is 0 Å². The highest BCUT2D eigenvalue weighted by atomic mass is 35.5. The Morgan fingerprint density at radius 1 is 1.43 bits per heavy atom. The maximum Gasteiger partial charge on any atom is 0.290 e. The van der Waals surface area contributed by atoms with Gasteiger partial charge in [-0.1, -0.05) is 29.8 Å². The predicted molar refractivity (Wildman–Crippen MR) is 85.2 cm³/mol. The van der Waals surface area contributed by atoms with Crippen LogP contribution in [-0.2, 0) is 14.3 Å². The molecule has 0 aliphatic carbocycles. The number of Topliss-reactive ketones (excluding diaryl/α,β-unsaturated/α-hetero) is 1. The van der Waals surface area contributed by atoms with E-state index in [4.69, 9.17) is 16.3 Å². The number of rotatable bonds is 4. The first kappa shape index (κ1) is 16.0. The van der Waals surface area contributed by atoms with Crippen molar-refractivity contribution >= 4 is 23.3 Å². The minimum Gasteiger partial charge on any atom is -0.503 e. The smallest absolute Gasteiger partial charge is 0.290 e. The van der Waals surface area contributed by atoms with E-state index >= 15 is 0 Å². The molecule has 2 unspecified atom stereocenters. The lowest BCUT2D eigenvalue weighted by molar-refractivity contribution is -0.131. The van der Waals surface area contributed by atoms with Gasteiger partial charge >= 0.3 is 0 Å². The number of carbonyl (C=O) groups is 2. The van der Waals surface area contributed by atoms with Gasteiger partial charge < -0.3 is 14.7 Å². The summed E-state index contributed by atoms with van der Waals surface area (Å²) < 4.78 is 5.60. The minimum absolute atomic E-state index is 0.0805. The van der Waals surface area contributed by atoms with Crippen molar-refractivity contribution in [3.05, 3.63) is 46.2 Å². The van der Waals surface area contributed by atoms with Crippen LogP contribution in [0.2, 0.25) is 5.02 Å². The molecule has 1 amide bonds. The van der Waals surface area contributed by atoms with E-state index in [1.807, 2.05) is 0 Å². The van der Waals surface area contributed by atoms with Gasteiger partial charge in [-0.15, -0.1) is 0 Å². The molecular formula is C17H18ClNO4. The molecule has 2 heterocycles. The number of halogens is 1. The molecule has 5 nitrogen and oxygen atoms in total. The molecule has 1 fully saturated rings. The van der Waals surface area contributed by atoms with Crippen LogP contribution in [0.25, 0.3) is 0 Å². The summed E-state index contributed by atoms with van der Waals surface area (Å²) in [6.45, 7) is 2.34. The molecule has 0 saturated carbocycles. The van der Waals surface area contributed by atoms with E-state index in [0.29, 0.717) is 23.7 Å². The van der Waals surface area contributed by atoms with Gasteiger partial charge in [-0.3, -0.25) is 9.59 Å². The number of ether oxygens (including phenoxy) is 1.